The summed E-state index contributed by atoms with van der Waals surface area (Å²) >= 11 is 0. The molecule has 1 aliphatic carbocycles. The standard InChI is InChI=1S/C15H28N2O2/c1-3-15(6-4-5-7-15)12-16-13(2)14(18)17-8-10-19-11-9-17/h13,16H,3-12H2,1-2H3. The van der Waals surface area contributed by atoms with Gasteiger partial charge in [-0.3, -0.25) is 4.79 Å². The van der Waals surface area contributed by atoms with Gasteiger partial charge in [0.05, 0.1) is 19.3 Å². The maximum atomic E-state index is 12.3. The topological polar surface area (TPSA) is 41.6 Å². The van der Waals surface area contributed by atoms with Gasteiger partial charge < -0.3 is 15.0 Å². The zero-order valence-corrected chi connectivity index (χ0v) is 12.4. The summed E-state index contributed by atoms with van der Waals surface area (Å²) in [7, 11) is 0. The summed E-state index contributed by atoms with van der Waals surface area (Å²) in [5.74, 6) is 0.229. The molecule has 1 saturated carbocycles. The Morgan fingerprint density at radius 1 is 1.32 bits per heavy atom. The minimum absolute atomic E-state index is 0.0675. The first kappa shape index (κ1) is 14.8. The van der Waals surface area contributed by atoms with Gasteiger partial charge in [0.25, 0.3) is 0 Å². The van der Waals surface area contributed by atoms with E-state index in [0.717, 1.165) is 19.6 Å². The molecule has 0 spiro atoms. The van der Waals surface area contributed by atoms with Crippen LogP contribution in [-0.2, 0) is 9.53 Å². The summed E-state index contributed by atoms with van der Waals surface area (Å²) < 4.78 is 5.29. The number of carbonyl (C=O) groups excluding carboxylic acids is 1. The van der Waals surface area contributed by atoms with Crippen LogP contribution in [0.15, 0.2) is 0 Å². The molecule has 1 atom stereocenters. The Balaban J connectivity index is 1.79. The third-order valence-corrected chi connectivity index (χ3v) is 4.89. The minimum Gasteiger partial charge on any atom is -0.378 e. The molecule has 4 nitrogen and oxygen atoms in total. The van der Waals surface area contributed by atoms with Gasteiger partial charge in [0, 0.05) is 19.6 Å². The van der Waals surface area contributed by atoms with E-state index in [1.807, 2.05) is 11.8 Å². The van der Waals surface area contributed by atoms with Crippen LogP contribution in [0.25, 0.3) is 0 Å². The van der Waals surface area contributed by atoms with E-state index in [1.54, 1.807) is 0 Å². The van der Waals surface area contributed by atoms with E-state index in [4.69, 9.17) is 4.74 Å². The molecule has 1 saturated heterocycles. The summed E-state index contributed by atoms with van der Waals surface area (Å²) in [6.45, 7) is 8.10. The number of morpholine rings is 1. The van der Waals surface area contributed by atoms with Crippen molar-refractivity contribution in [1.29, 1.82) is 0 Å². The molecule has 1 N–H and O–H groups in total. The van der Waals surface area contributed by atoms with Crippen LogP contribution in [0.4, 0.5) is 0 Å². The van der Waals surface area contributed by atoms with Crippen LogP contribution in [-0.4, -0.2) is 49.7 Å². The highest BCUT2D eigenvalue weighted by molar-refractivity contribution is 5.81. The average Bonchev–Trinajstić information content (AvgIpc) is 2.94. The number of hydrogen-bond donors (Lipinski definition) is 1. The molecule has 19 heavy (non-hydrogen) atoms. The first-order valence-corrected chi connectivity index (χ1v) is 7.77. The zero-order chi connectivity index (χ0) is 13.7. The van der Waals surface area contributed by atoms with Crippen molar-refractivity contribution in [2.75, 3.05) is 32.8 Å². The Morgan fingerprint density at radius 3 is 2.53 bits per heavy atom. The molecule has 2 rings (SSSR count). The number of amides is 1. The van der Waals surface area contributed by atoms with E-state index in [9.17, 15) is 4.79 Å². The molecule has 1 heterocycles. The zero-order valence-electron chi connectivity index (χ0n) is 12.4. The van der Waals surface area contributed by atoms with E-state index >= 15 is 0 Å². The number of hydrogen-bond acceptors (Lipinski definition) is 3. The first-order valence-electron chi connectivity index (χ1n) is 7.77. The van der Waals surface area contributed by atoms with Crippen LogP contribution >= 0.6 is 0 Å². The van der Waals surface area contributed by atoms with Crippen molar-refractivity contribution >= 4 is 5.91 Å². The van der Waals surface area contributed by atoms with Crippen molar-refractivity contribution in [1.82, 2.24) is 10.2 Å². The Bertz CT molecular complexity index is 295. The maximum Gasteiger partial charge on any atom is 0.239 e. The van der Waals surface area contributed by atoms with Crippen LogP contribution in [0.3, 0.4) is 0 Å². The highest BCUT2D eigenvalue weighted by Gasteiger charge is 2.33. The van der Waals surface area contributed by atoms with Gasteiger partial charge in [-0.15, -0.1) is 0 Å². The van der Waals surface area contributed by atoms with Gasteiger partial charge >= 0.3 is 0 Å². The van der Waals surface area contributed by atoms with Crippen molar-refractivity contribution in [2.45, 2.75) is 52.0 Å². The summed E-state index contributed by atoms with van der Waals surface area (Å²) in [4.78, 5) is 14.2. The second-order valence-electron chi connectivity index (χ2n) is 6.10. The van der Waals surface area contributed by atoms with Gasteiger partial charge in [0.1, 0.15) is 0 Å². The lowest BCUT2D eigenvalue weighted by atomic mass is 9.83. The molecular weight excluding hydrogens is 240 g/mol. The number of nitrogens with one attached hydrogen (secondary N) is 1. The fourth-order valence-electron chi connectivity index (χ4n) is 3.29. The molecular formula is C15H28N2O2. The summed E-state index contributed by atoms with van der Waals surface area (Å²) in [5.41, 5.74) is 0.444. The van der Waals surface area contributed by atoms with E-state index in [2.05, 4.69) is 12.2 Å². The third kappa shape index (κ3) is 3.69. The highest BCUT2D eigenvalue weighted by Crippen LogP contribution is 2.40. The maximum absolute atomic E-state index is 12.3. The molecule has 0 aromatic heterocycles. The lowest BCUT2D eigenvalue weighted by molar-refractivity contribution is -0.137. The highest BCUT2D eigenvalue weighted by atomic mass is 16.5. The van der Waals surface area contributed by atoms with Crippen molar-refractivity contribution in [3.05, 3.63) is 0 Å². The van der Waals surface area contributed by atoms with E-state index in [1.165, 1.54) is 32.1 Å². The third-order valence-electron chi connectivity index (χ3n) is 4.89. The lowest BCUT2D eigenvalue weighted by Crippen LogP contribution is -2.50. The number of rotatable bonds is 5. The molecule has 2 aliphatic rings. The second-order valence-corrected chi connectivity index (χ2v) is 6.10. The minimum atomic E-state index is -0.0675. The fraction of sp³-hybridized carbons (Fsp3) is 0.933. The quantitative estimate of drug-likeness (QED) is 0.826. The predicted molar refractivity (Wildman–Crippen MR) is 76.1 cm³/mol. The van der Waals surface area contributed by atoms with Crippen molar-refractivity contribution in [2.24, 2.45) is 5.41 Å². The van der Waals surface area contributed by atoms with Gasteiger partial charge in [0.15, 0.2) is 0 Å². The lowest BCUT2D eigenvalue weighted by Gasteiger charge is -2.32. The molecule has 0 aromatic carbocycles. The Labute approximate surface area is 116 Å². The van der Waals surface area contributed by atoms with Crippen LogP contribution < -0.4 is 5.32 Å². The van der Waals surface area contributed by atoms with Crippen LogP contribution in [0.5, 0.6) is 0 Å². The van der Waals surface area contributed by atoms with E-state index < -0.39 is 0 Å². The fourth-order valence-corrected chi connectivity index (χ4v) is 3.29. The van der Waals surface area contributed by atoms with E-state index in [0.29, 0.717) is 18.6 Å². The number of nitrogens with zero attached hydrogens (tertiary/aromatic N) is 1. The van der Waals surface area contributed by atoms with Crippen molar-refractivity contribution < 1.29 is 9.53 Å². The first-order chi connectivity index (χ1) is 9.17. The van der Waals surface area contributed by atoms with Crippen molar-refractivity contribution in [3.63, 3.8) is 0 Å². The smallest absolute Gasteiger partial charge is 0.239 e. The van der Waals surface area contributed by atoms with Gasteiger partial charge in [-0.25, -0.2) is 0 Å². The summed E-state index contributed by atoms with van der Waals surface area (Å²) in [6, 6.07) is -0.0675. The molecule has 4 heteroatoms. The molecule has 1 amide bonds. The van der Waals surface area contributed by atoms with Gasteiger partial charge in [-0.1, -0.05) is 19.8 Å². The van der Waals surface area contributed by atoms with Gasteiger partial charge in [-0.05, 0) is 31.6 Å². The van der Waals surface area contributed by atoms with Gasteiger partial charge in [0.2, 0.25) is 5.91 Å². The summed E-state index contributed by atoms with van der Waals surface area (Å²) in [6.07, 6.45) is 6.55. The van der Waals surface area contributed by atoms with Crippen LogP contribution in [0, 0.1) is 5.41 Å². The van der Waals surface area contributed by atoms with Crippen LogP contribution in [0.2, 0.25) is 0 Å². The molecule has 0 radical (unpaired) electrons. The Morgan fingerprint density at radius 2 is 1.95 bits per heavy atom. The predicted octanol–water partition coefficient (Wildman–Crippen LogP) is 1.79. The number of ether oxygens (including phenoxy) is 1. The normalized spacial score (nSPS) is 24.4. The molecule has 110 valence electrons. The monoisotopic (exact) mass is 268 g/mol. The Hall–Kier alpha value is -0.610. The molecule has 0 bridgehead atoms. The number of carbonyl (C=O) groups is 1. The van der Waals surface area contributed by atoms with E-state index in [-0.39, 0.29) is 11.9 Å². The van der Waals surface area contributed by atoms with Crippen molar-refractivity contribution in [3.8, 4) is 0 Å². The molecule has 0 aromatic rings. The largest absolute Gasteiger partial charge is 0.378 e. The Kier molecular flexibility index (Phi) is 5.22. The average molecular weight is 268 g/mol. The summed E-state index contributed by atoms with van der Waals surface area (Å²) in [5, 5.41) is 3.48. The SMILES string of the molecule is CCC1(CNC(C)C(=O)N2CCOCC2)CCCC1. The van der Waals surface area contributed by atoms with Gasteiger partial charge in [-0.2, -0.15) is 0 Å². The molecule has 2 fully saturated rings. The van der Waals surface area contributed by atoms with Crippen LogP contribution in [0.1, 0.15) is 46.0 Å². The second kappa shape index (κ2) is 6.71. The molecule has 1 aliphatic heterocycles. The molecule has 1 unspecified atom stereocenters.